The fourth-order valence-electron chi connectivity index (χ4n) is 2.17. The number of aliphatic imine (C=N–C) groups is 1. The minimum Gasteiger partial charge on any atom is -0.254 e. The zero-order valence-corrected chi connectivity index (χ0v) is 12.6. The van der Waals surface area contributed by atoms with Crippen LogP contribution >= 0.6 is 15.9 Å². The average Bonchev–Trinajstić information content (AvgIpc) is 2.48. The Labute approximate surface area is 126 Å². The van der Waals surface area contributed by atoms with Crippen LogP contribution in [0.25, 0.3) is 10.9 Å². The quantitative estimate of drug-likeness (QED) is 0.599. The van der Waals surface area contributed by atoms with Crippen LogP contribution in [0.4, 0.5) is 5.69 Å². The minimum absolute atomic E-state index is 0.899. The van der Waals surface area contributed by atoms with Crippen LogP contribution in [-0.2, 0) is 0 Å². The molecule has 3 rings (SSSR count). The van der Waals surface area contributed by atoms with Gasteiger partial charge in [0.25, 0.3) is 0 Å². The molecule has 1 heterocycles. The Bertz CT molecular complexity index is 788. The number of nitrogens with zero attached hydrogens (tertiary/aromatic N) is 2. The predicted molar refractivity (Wildman–Crippen MR) is 87.8 cm³/mol. The lowest BCUT2D eigenvalue weighted by Crippen LogP contribution is -1.95. The Morgan fingerprint density at radius 1 is 1.00 bits per heavy atom. The van der Waals surface area contributed by atoms with E-state index in [4.69, 9.17) is 4.99 Å². The molecule has 1 aromatic heterocycles. The van der Waals surface area contributed by atoms with Crippen molar-refractivity contribution in [2.45, 2.75) is 6.92 Å². The van der Waals surface area contributed by atoms with E-state index in [1.54, 1.807) is 6.20 Å². The third kappa shape index (κ3) is 2.49. The van der Waals surface area contributed by atoms with Crippen LogP contribution in [0.5, 0.6) is 0 Å². The van der Waals surface area contributed by atoms with Gasteiger partial charge in [0.15, 0.2) is 0 Å². The summed E-state index contributed by atoms with van der Waals surface area (Å²) in [5.74, 6) is 0. The van der Waals surface area contributed by atoms with E-state index < -0.39 is 0 Å². The summed E-state index contributed by atoms with van der Waals surface area (Å²) in [6.07, 6.45) is 1.80. The maximum Gasteiger partial charge on any atom is 0.0958 e. The van der Waals surface area contributed by atoms with Crippen LogP contribution in [0.15, 0.2) is 70.3 Å². The molecule has 3 aromatic rings. The Hall–Kier alpha value is -2.00. The monoisotopic (exact) mass is 324 g/mol. The highest BCUT2D eigenvalue weighted by atomic mass is 79.9. The first kappa shape index (κ1) is 13.0. The standard InChI is InChI=1S/C17H13BrN2/c1-12(14-8-2-3-9-15(14)18)20-16-10-4-6-13-7-5-11-19-17(13)16/h2-11H,1H3. The van der Waals surface area contributed by atoms with Gasteiger partial charge in [-0.2, -0.15) is 0 Å². The van der Waals surface area contributed by atoms with Gasteiger partial charge in [-0.3, -0.25) is 9.98 Å². The molecule has 2 aromatic carbocycles. The van der Waals surface area contributed by atoms with E-state index in [2.05, 4.69) is 39.1 Å². The molecule has 0 aliphatic rings. The van der Waals surface area contributed by atoms with Gasteiger partial charge in [0.2, 0.25) is 0 Å². The summed E-state index contributed by atoms with van der Waals surface area (Å²) in [6.45, 7) is 2.02. The van der Waals surface area contributed by atoms with Crippen molar-refractivity contribution >= 4 is 38.2 Å². The molecule has 0 N–H and O–H groups in total. The molecule has 0 amide bonds. The number of rotatable bonds is 2. The molecular weight excluding hydrogens is 312 g/mol. The number of aromatic nitrogens is 1. The summed E-state index contributed by atoms with van der Waals surface area (Å²) in [7, 11) is 0. The van der Waals surface area contributed by atoms with Crippen molar-refractivity contribution in [1.29, 1.82) is 0 Å². The Balaban J connectivity index is 2.13. The highest BCUT2D eigenvalue weighted by Gasteiger charge is 2.04. The summed E-state index contributed by atoms with van der Waals surface area (Å²) in [5, 5.41) is 1.11. The van der Waals surface area contributed by atoms with Gasteiger partial charge in [-0.1, -0.05) is 52.3 Å². The van der Waals surface area contributed by atoms with Gasteiger partial charge in [-0.05, 0) is 25.1 Å². The zero-order valence-electron chi connectivity index (χ0n) is 11.0. The number of hydrogen-bond acceptors (Lipinski definition) is 2. The van der Waals surface area contributed by atoms with Crippen LogP contribution in [0.2, 0.25) is 0 Å². The summed E-state index contributed by atoms with van der Waals surface area (Å²) in [6, 6.07) is 18.1. The smallest absolute Gasteiger partial charge is 0.0958 e. The van der Waals surface area contributed by atoms with E-state index in [1.165, 1.54) is 0 Å². The van der Waals surface area contributed by atoms with Gasteiger partial charge in [-0.25, -0.2) is 0 Å². The topological polar surface area (TPSA) is 25.2 Å². The second-order valence-electron chi connectivity index (χ2n) is 4.53. The maximum atomic E-state index is 4.74. The highest BCUT2D eigenvalue weighted by Crippen LogP contribution is 2.25. The third-order valence-corrected chi connectivity index (χ3v) is 3.85. The van der Waals surface area contributed by atoms with E-state index in [1.807, 2.05) is 43.3 Å². The average molecular weight is 325 g/mol. The fourth-order valence-corrected chi connectivity index (χ4v) is 2.75. The third-order valence-electron chi connectivity index (χ3n) is 3.16. The summed E-state index contributed by atoms with van der Waals surface area (Å²) in [4.78, 5) is 9.17. The van der Waals surface area contributed by atoms with Crippen molar-refractivity contribution < 1.29 is 0 Å². The molecule has 0 unspecified atom stereocenters. The van der Waals surface area contributed by atoms with Gasteiger partial charge in [0, 0.05) is 27.3 Å². The Morgan fingerprint density at radius 3 is 2.65 bits per heavy atom. The normalized spacial score (nSPS) is 11.8. The van der Waals surface area contributed by atoms with E-state index in [0.29, 0.717) is 0 Å². The second-order valence-corrected chi connectivity index (χ2v) is 5.38. The first-order valence-electron chi connectivity index (χ1n) is 6.39. The van der Waals surface area contributed by atoms with Crippen LogP contribution in [-0.4, -0.2) is 10.7 Å². The number of halogens is 1. The second kappa shape index (κ2) is 5.55. The van der Waals surface area contributed by atoms with Crippen molar-refractivity contribution in [3.05, 3.63) is 70.8 Å². The maximum absolute atomic E-state index is 4.74. The lowest BCUT2D eigenvalue weighted by molar-refractivity contribution is 1.38. The lowest BCUT2D eigenvalue weighted by Gasteiger charge is -2.05. The molecule has 0 bridgehead atoms. The highest BCUT2D eigenvalue weighted by molar-refractivity contribution is 9.10. The molecule has 0 aliphatic carbocycles. The SMILES string of the molecule is CC(=Nc1cccc2cccnc12)c1ccccc1Br. The van der Waals surface area contributed by atoms with Crippen LogP contribution in [0.3, 0.4) is 0 Å². The molecule has 98 valence electrons. The van der Waals surface area contributed by atoms with Gasteiger partial charge in [-0.15, -0.1) is 0 Å². The van der Waals surface area contributed by atoms with E-state index in [-0.39, 0.29) is 0 Å². The van der Waals surface area contributed by atoms with Gasteiger partial charge >= 0.3 is 0 Å². The summed E-state index contributed by atoms with van der Waals surface area (Å²) < 4.78 is 1.05. The zero-order chi connectivity index (χ0) is 13.9. The molecule has 0 atom stereocenters. The first-order valence-corrected chi connectivity index (χ1v) is 7.19. The fraction of sp³-hybridized carbons (Fsp3) is 0.0588. The number of fused-ring (bicyclic) bond motifs is 1. The molecule has 20 heavy (non-hydrogen) atoms. The lowest BCUT2D eigenvalue weighted by atomic mass is 10.1. The van der Waals surface area contributed by atoms with Gasteiger partial charge in [0.05, 0.1) is 11.2 Å². The molecule has 0 saturated carbocycles. The van der Waals surface area contributed by atoms with E-state index in [0.717, 1.165) is 32.3 Å². The van der Waals surface area contributed by atoms with Crippen molar-refractivity contribution in [2.24, 2.45) is 4.99 Å². The molecule has 0 saturated heterocycles. The number of pyridine rings is 1. The van der Waals surface area contributed by atoms with Crippen molar-refractivity contribution in [3.63, 3.8) is 0 Å². The number of para-hydroxylation sites is 1. The molecule has 2 nitrogen and oxygen atoms in total. The van der Waals surface area contributed by atoms with Crippen LogP contribution in [0, 0.1) is 0 Å². The molecule has 0 spiro atoms. The molecular formula is C17H13BrN2. The molecule has 3 heteroatoms. The molecule has 0 aliphatic heterocycles. The minimum atomic E-state index is 0.899. The van der Waals surface area contributed by atoms with Crippen LogP contribution < -0.4 is 0 Å². The molecule has 0 fully saturated rings. The first-order chi connectivity index (χ1) is 9.75. The predicted octanol–water partition coefficient (Wildman–Crippen LogP) is 5.14. The largest absolute Gasteiger partial charge is 0.254 e. The van der Waals surface area contributed by atoms with Gasteiger partial charge in [0.1, 0.15) is 0 Å². The van der Waals surface area contributed by atoms with Crippen molar-refractivity contribution in [3.8, 4) is 0 Å². The van der Waals surface area contributed by atoms with Crippen molar-refractivity contribution in [2.75, 3.05) is 0 Å². The van der Waals surface area contributed by atoms with Crippen LogP contribution in [0.1, 0.15) is 12.5 Å². The number of benzene rings is 2. The summed E-state index contributed by atoms with van der Waals surface area (Å²) >= 11 is 3.56. The summed E-state index contributed by atoms with van der Waals surface area (Å²) in [5.41, 5.74) is 3.90. The van der Waals surface area contributed by atoms with E-state index in [9.17, 15) is 0 Å². The van der Waals surface area contributed by atoms with E-state index >= 15 is 0 Å². The Kier molecular flexibility index (Phi) is 3.61. The molecule has 0 radical (unpaired) electrons. The van der Waals surface area contributed by atoms with Gasteiger partial charge < -0.3 is 0 Å². The Morgan fingerprint density at radius 2 is 1.80 bits per heavy atom. The van der Waals surface area contributed by atoms with Crippen molar-refractivity contribution in [1.82, 2.24) is 4.98 Å². The number of hydrogen-bond donors (Lipinski definition) is 0.